The van der Waals surface area contributed by atoms with Gasteiger partial charge in [0.25, 0.3) is 0 Å². The third-order valence-electron chi connectivity index (χ3n) is 2.53. The lowest BCUT2D eigenvalue weighted by Gasteiger charge is -2.24. The van der Waals surface area contributed by atoms with Gasteiger partial charge >= 0.3 is 0 Å². The topological polar surface area (TPSA) is 112 Å². The van der Waals surface area contributed by atoms with Crippen molar-refractivity contribution in [2.24, 2.45) is 0 Å². The molecule has 17 heavy (non-hydrogen) atoms. The van der Waals surface area contributed by atoms with Crippen LogP contribution in [-0.2, 0) is 9.59 Å². The SMILES string of the molecule is CC(NC(=O)C1CNC(=O)CN1)c1ncn[nH]1. The van der Waals surface area contributed by atoms with Crippen LogP contribution in [0.25, 0.3) is 0 Å². The van der Waals surface area contributed by atoms with E-state index in [0.29, 0.717) is 12.4 Å². The Morgan fingerprint density at radius 3 is 3.06 bits per heavy atom. The van der Waals surface area contributed by atoms with Gasteiger partial charge < -0.3 is 10.6 Å². The number of nitrogens with one attached hydrogen (secondary N) is 4. The van der Waals surface area contributed by atoms with E-state index in [9.17, 15) is 9.59 Å². The van der Waals surface area contributed by atoms with Crippen molar-refractivity contribution in [3.05, 3.63) is 12.2 Å². The molecular formula is C9H14N6O2. The molecule has 1 aromatic rings. The van der Waals surface area contributed by atoms with Crippen LogP contribution >= 0.6 is 0 Å². The maximum Gasteiger partial charge on any atom is 0.239 e. The molecule has 0 bridgehead atoms. The number of hydrogen-bond acceptors (Lipinski definition) is 5. The van der Waals surface area contributed by atoms with E-state index in [0.717, 1.165) is 0 Å². The van der Waals surface area contributed by atoms with Crippen molar-refractivity contribution in [3.63, 3.8) is 0 Å². The number of aromatic nitrogens is 3. The lowest BCUT2D eigenvalue weighted by Crippen LogP contribution is -2.58. The van der Waals surface area contributed by atoms with E-state index in [1.54, 1.807) is 6.92 Å². The van der Waals surface area contributed by atoms with Crippen LogP contribution in [-0.4, -0.2) is 46.1 Å². The summed E-state index contributed by atoms with van der Waals surface area (Å²) < 4.78 is 0. The number of rotatable bonds is 3. The molecule has 1 fully saturated rings. The highest BCUT2D eigenvalue weighted by atomic mass is 16.2. The fourth-order valence-electron chi connectivity index (χ4n) is 1.56. The normalized spacial score (nSPS) is 21.7. The monoisotopic (exact) mass is 238 g/mol. The van der Waals surface area contributed by atoms with Gasteiger partial charge in [0.05, 0.1) is 12.6 Å². The zero-order valence-corrected chi connectivity index (χ0v) is 9.36. The maximum atomic E-state index is 11.8. The van der Waals surface area contributed by atoms with Gasteiger partial charge in [-0.25, -0.2) is 4.98 Å². The highest BCUT2D eigenvalue weighted by Gasteiger charge is 2.25. The molecular weight excluding hydrogens is 224 g/mol. The van der Waals surface area contributed by atoms with Crippen molar-refractivity contribution >= 4 is 11.8 Å². The summed E-state index contributed by atoms with van der Waals surface area (Å²) >= 11 is 0. The number of carbonyl (C=O) groups excluding carboxylic acids is 2. The largest absolute Gasteiger partial charge is 0.353 e. The first-order valence-electron chi connectivity index (χ1n) is 5.32. The number of H-pyrrole nitrogens is 1. The number of amides is 2. The highest BCUT2D eigenvalue weighted by Crippen LogP contribution is 2.04. The number of aromatic amines is 1. The molecule has 0 spiro atoms. The molecule has 1 saturated heterocycles. The van der Waals surface area contributed by atoms with E-state index in [4.69, 9.17) is 0 Å². The zero-order chi connectivity index (χ0) is 12.3. The Hall–Kier alpha value is -1.96. The second-order valence-corrected chi connectivity index (χ2v) is 3.84. The fraction of sp³-hybridized carbons (Fsp3) is 0.556. The van der Waals surface area contributed by atoms with Crippen LogP contribution in [0.2, 0.25) is 0 Å². The van der Waals surface area contributed by atoms with Crippen LogP contribution in [0.5, 0.6) is 0 Å². The first kappa shape index (κ1) is 11.5. The van der Waals surface area contributed by atoms with Gasteiger partial charge in [-0.3, -0.25) is 20.0 Å². The molecule has 0 saturated carbocycles. The Bertz CT molecular complexity index is 394. The van der Waals surface area contributed by atoms with E-state index < -0.39 is 6.04 Å². The van der Waals surface area contributed by atoms with Gasteiger partial charge in [0, 0.05) is 6.54 Å². The molecule has 8 heteroatoms. The van der Waals surface area contributed by atoms with Crippen molar-refractivity contribution in [2.45, 2.75) is 19.0 Å². The van der Waals surface area contributed by atoms with Gasteiger partial charge in [-0.05, 0) is 6.92 Å². The van der Waals surface area contributed by atoms with Crippen LogP contribution in [0.4, 0.5) is 0 Å². The van der Waals surface area contributed by atoms with Gasteiger partial charge in [0.2, 0.25) is 11.8 Å². The molecule has 4 N–H and O–H groups in total. The van der Waals surface area contributed by atoms with Crippen molar-refractivity contribution < 1.29 is 9.59 Å². The average molecular weight is 238 g/mol. The summed E-state index contributed by atoms with van der Waals surface area (Å²) in [5, 5.41) is 14.7. The standard InChI is InChI=1S/C9H14N6O2/c1-5(8-12-4-13-15-8)14-9(17)6-2-11-7(16)3-10-6/h4-6,10H,2-3H2,1H3,(H,11,16)(H,14,17)(H,12,13,15). The number of hydrogen-bond donors (Lipinski definition) is 4. The van der Waals surface area contributed by atoms with Crippen molar-refractivity contribution in [1.82, 2.24) is 31.1 Å². The van der Waals surface area contributed by atoms with Gasteiger partial charge in [-0.2, -0.15) is 5.10 Å². The Labute approximate surface area is 97.6 Å². The molecule has 1 aromatic heterocycles. The van der Waals surface area contributed by atoms with E-state index in [1.807, 2.05) is 0 Å². The summed E-state index contributed by atoms with van der Waals surface area (Å²) in [4.78, 5) is 26.7. The van der Waals surface area contributed by atoms with Crippen molar-refractivity contribution in [3.8, 4) is 0 Å². The first-order chi connectivity index (χ1) is 8.16. The van der Waals surface area contributed by atoms with E-state index in [2.05, 4.69) is 31.1 Å². The van der Waals surface area contributed by atoms with E-state index >= 15 is 0 Å². The predicted molar refractivity (Wildman–Crippen MR) is 57.7 cm³/mol. The first-order valence-corrected chi connectivity index (χ1v) is 5.32. The number of nitrogens with zero attached hydrogens (tertiary/aromatic N) is 2. The molecule has 2 amide bonds. The van der Waals surface area contributed by atoms with Crippen LogP contribution in [0.1, 0.15) is 18.8 Å². The Morgan fingerprint density at radius 1 is 1.65 bits per heavy atom. The quantitative estimate of drug-likeness (QED) is 0.490. The molecule has 0 radical (unpaired) electrons. The maximum absolute atomic E-state index is 11.8. The fourth-order valence-corrected chi connectivity index (χ4v) is 1.56. The lowest BCUT2D eigenvalue weighted by molar-refractivity contribution is -0.127. The second kappa shape index (κ2) is 4.91. The van der Waals surface area contributed by atoms with Gasteiger partial charge in [0.1, 0.15) is 18.2 Å². The molecule has 92 valence electrons. The number of piperazine rings is 1. The summed E-state index contributed by atoms with van der Waals surface area (Å²) in [5.41, 5.74) is 0. The Balaban J connectivity index is 1.86. The minimum absolute atomic E-state index is 0.0997. The highest BCUT2D eigenvalue weighted by molar-refractivity contribution is 5.86. The van der Waals surface area contributed by atoms with E-state index in [-0.39, 0.29) is 24.4 Å². The molecule has 8 nitrogen and oxygen atoms in total. The molecule has 2 heterocycles. The Kier molecular flexibility index (Phi) is 3.33. The molecule has 2 unspecified atom stereocenters. The minimum Gasteiger partial charge on any atom is -0.353 e. The molecule has 1 aliphatic rings. The molecule has 0 aromatic carbocycles. The van der Waals surface area contributed by atoms with Crippen LogP contribution in [0.15, 0.2) is 6.33 Å². The third kappa shape index (κ3) is 2.78. The molecule has 2 rings (SSSR count). The second-order valence-electron chi connectivity index (χ2n) is 3.84. The average Bonchev–Trinajstić information content (AvgIpc) is 2.83. The lowest BCUT2D eigenvalue weighted by atomic mass is 10.2. The number of carbonyl (C=O) groups is 2. The summed E-state index contributed by atoms with van der Waals surface area (Å²) in [7, 11) is 0. The van der Waals surface area contributed by atoms with Crippen LogP contribution in [0.3, 0.4) is 0 Å². The molecule has 0 aliphatic carbocycles. The summed E-state index contributed by atoms with van der Waals surface area (Å²) in [6.07, 6.45) is 1.39. The van der Waals surface area contributed by atoms with Crippen molar-refractivity contribution in [2.75, 3.05) is 13.1 Å². The predicted octanol–water partition coefficient (Wildman–Crippen LogP) is -1.93. The summed E-state index contributed by atoms with van der Waals surface area (Å²) in [5.74, 6) is 0.324. The van der Waals surface area contributed by atoms with E-state index in [1.165, 1.54) is 6.33 Å². The van der Waals surface area contributed by atoms with Crippen LogP contribution < -0.4 is 16.0 Å². The summed E-state index contributed by atoms with van der Waals surface area (Å²) in [6, 6.07) is -0.650. The van der Waals surface area contributed by atoms with Gasteiger partial charge in [-0.1, -0.05) is 0 Å². The molecule has 2 atom stereocenters. The van der Waals surface area contributed by atoms with Gasteiger partial charge in [0.15, 0.2) is 0 Å². The smallest absolute Gasteiger partial charge is 0.239 e. The minimum atomic E-state index is -0.405. The summed E-state index contributed by atoms with van der Waals surface area (Å²) in [6.45, 7) is 2.27. The van der Waals surface area contributed by atoms with Gasteiger partial charge in [-0.15, -0.1) is 0 Å². The van der Waals surface area contributed by atoms with Crippen molar-refractivity contribution in [1.29, 1.82) is 0 Å². The van der Waals surface area contributed by atoms with Crippen LogP contribution in [0, 0.1) is 0 Å². The Morgan fingerprint density at radius 2 is 2.47 bits per heavy atom. The molecule has 1 aliphatic heterocycles. The zero-order valence-electron chi connectivity index (χ0n) is 9.36. The third-order valence-corrected chi connectivity index (χ3v) is 2.53.